The van der Waals surface area contributed by atoms with E-state index in [-0.39, 0.29) is 20.1 Å². The average molecular weight is 374 g/mol. The van der Waals surface area contributed by atoms with Crippen molar-refractivity contribution in [2.45, 2.75) is 0 Å². The normalized spacial score (nSPS) is 14.4. The molecule has 0 aromatic heterocycles. The van der Waals surface area contributed by atoms with Crippen LogP contribution in [0.15, 0.2) is 46.9 Å². The standard InChI is InChI=1S/C10H6N4.Ir/c1-2-8-10(14-6-4-12-8)9-7(1)11-3-5-13-9;/h1-6H;/q-2;. The fourth-order valence-electron chi connectivity index (χ4n) is 1.46. The number of fused-ring (bicyclic) bond motifs is 3. The number of hydrogen-bond acceptors (Lipinski definition) is 2. The first-order chi connectivity index (χ1) is 6.95. The van der Waals surface area contributed by atoms with Gasteiger partial charge in [-0.2, -0.15) is 12.4 Å². The third kappa shape index (κ3) is 1.60. The Morgan fingerprint density at radius 3 is 1.73 bits per heavy atom. The van der Waals surface area contributed by atoms with Gasteiger partial charge >= 0.3 is 0 Å². The Morgan fingerprint density at radius 2 is 1.27 bits per heavy atom. The first-order valence-corrected chi connectivity index (χ1v) is 4.25. The van der Waals surface area contributed by atoms with Crippen LogP contribution in [0.2, 0.25) is 0 Å². The fraction of sp³-hybridized carbons (Fsp3) is 0. The van der Waals surface area contributed by atoms with Gasteiger partial charge in [0.1, 0.15) is 0 Å². The van der Waals surface area contributed by atoms with Crippen molar-refractivity contribution in [3.63, 3.8) is 0 Å². The van der Waals surface area contributed by atoms with E-state index in [1.807, 2.05) is 12.1 Å². The van der Waals surface area contributed by atoms with E-state index in [1.54, 1.807) is 24.8 Å². The molecule has 77 valence electrons. The van der Waals surface area contributed by atoms with Crippen molar-refractivity contribution in [2.24, 2.45) is 9.98 Å². The second-order valence-corrected chi connectivity index (χ2v) is 2.91. The van der Waals surface area contributed by atoms with Crippen molar-refractivity contribution in [1.29, 1.82) is 0 Å². The maximum atomic E-state index is 4.24. The molecule has 0 N–H and O–H groups in total. The predicted molar refractivity (Wildman–Crippen MR) is 53.1 cm³/mol. The van der Waals surface area contributed by atoms with Gasteiger partial charge in [0, 0.05) is 43.2 Å². The molecule has 0 saturated carbocycles. The second-order valence-electron chi connectivity index (χ2n) is 2.91. The molecule has 0 amide bonds. The Kier molecular flexibility index (Phi) is 2.66. The maximum absolute atomic E-state index is 4.24. The van der Waals surface area contributed by atoms with E-state index in [9.17, 15) is 0 Å². The van der Waals surface area contributed by atoms with Crippen molar-refractivity contribution in [3.05, 3.63) is 58.3 Å². The molecule has 4 nitrogen and oxygen atoms in total. The molecule has 15 heavy (non-hydrogen) atoms. The minimum absolute atomic E-state index is 0. The first kappa shape index (κ1) is 10.1. The van der Waals surface area contributed by atoms with Crippen LogP contribution in [0.5, 0.6) is 0 Å². The minimum Gasteiger partial charge on any atom is -0.662 e. The summed E-state index contributed by atoms with van der Waals surface area (Å²) in [5, 5.41) is 10.2. The van der Waals surface area contributed by atoms with E-state index in [0.29, 0.717) is 0 Å². The van der Waals surface area contributed by atoms with Gasteiger partial charge in [0.25, 0.3) is 0 Å². The molecular formula is C10H6IrN4-2. The Balaban J connectivity index is 0.000000853. The molecule has 0 fully saturated rings. The van der Waals surface area contributed by atoms with E-state index >= 15 is 0 Å². The van der Waals surface area contributed by atoms with Gasteiger partial charge in [-0.25, -0.2) is 0 Å². The third-order valence-corrected chi connectivity index (χ3v) is 2.08. The number of nitrogens with zero attached hydrogens (tertiary/aromatic N) is 4. The van der Waals surface area contributed by atoms with Crippen LogP contribution < -0.4 is 10.7 Å². The van der Waals surface area contributed by atoms with Crippen molar-refractivity contribution in [2.75, 3.05) is 0 Å². The van der Waals surface area contributed by atoms with Crippen LogP contribution in [0, 0.1) is 0 Å². The SMILES string of the molecule is C1=C[N-]c2c3c(ccc2=N1)=NC=C[N-]3.[Ir]. The van der Waals surface area contributed by atoms with Crippen molar-refractivity contribution >= 4 is 11.4 Å². The average Bonchev–Trinajstić information content (AvgIpc) is 2.29. The fourth-order valence-corrected chi connectivity index (χ4v) is 1.46. The summed E-state index contributed by atoms with van der Waals surface area (Å²) in [7, 11) is 0. The second kappa shape index (κ2) is 3.96. The predicted octanol–water partition coefficient (Wildman–Crippen LogP) is 1.90. The van der Waals surface area contributed by atoms with E-state index in [0.717, 1.165) is 22.1 Å². The molecule has 2 aliphatic heterocycles. The van der Waals surface area contributed by atoms with Crippen LogP contribution in [0.4, 0.5) is 11.4 Å². The van der Waals surface area contributed by atoms with Crippen molar-refractivity contribution in [3.8, 4) is 0 Å². The van der Waals surface area contributed by atoms with Gasteiger partial charge in [-0.1, -0.05) is 0 Å². The van der Waals surface area contributed by atoms with Gasteiger partial charge in [-0.15, -0.1) is 11.4 Å². The van der Waals surface area contributed by atoms with Gasteiger partial charge in [-0.05, 0) is 12.1 Å². The molecule has 2 heterocycles. The summed E-state index contributed by atoms with van der Waals surface area (Å²) in [6, 6.07) is 3.80. The molecule has 1 radical (unpaired) electrons. The molecular weight excluding hydrogens is 368 g/mol. The van der Waals surface area contributed by atoms with E-state index in [4.69, 9.17) is 0 Å². The number of hydrogen-bond donors (Lipinski definition) is 0. The van der Waals surface area contributed by atoms with E-state index in [2.05, 4.69) is 20.6 Å². The summed E-state index contributed by atoms with van der Waals surface area (Å²) in [4.78, 5) is 8.40. The molecule has 5 heteroatoms. The molecule has 0 bridgehead atoms. The largest absolute Gasteiger partial charge is 0.662 e. The third-order valence-electron chi connectivity index (χ3n) is 2.08. The van der Waals surface area contributed by atoms with Crippen LogP contribution in [0.3, 0.4) is 0 Å². The summed E-state index contributed by atoms with van der Waals surface area (Å²) in [6.45, 7) is 0. The molecule has 2 aliphatic rings. The first-order valence-electron chi connectivity index (χ1n) is 4.25. The van der Waals surface area contributed by atoms with Gasteiger partial charge < -0.3 is 10.6 Å². The summed E-state index contributed by atoms with van der Waals surface area (Å²) in [5.74, 6) is 0. The zero-order valence-corrected chi connectivity index (χ0v) is 9.98. The molecule has 3 rings (SSSR count). The van der Waals surface area contributed by atoms with E-state index in [1.165, 1.54) is 0 Å². The summed E-state index contributed by atoms with van der Waals surface area (Å²) in [5.41, 5.74) is 1.61. The van der Waals surface area contributed by atoms with Gasteiger partial charge in [0.15, 0.2) is 0 Å². The van der Waals surface area contributed by atoms with Gasteiger partial charge in [0.05, 0.1) is 0 Å². The summed E-state index contributed by atoms with van der Waals surface area (Å²) in [6.07, 6.45) is 6.67. The number of rotatable bonds is 0. The minimum atomic E-state index is 0. The summed E-state index contributed by atoms with van der Waals surface area (Å²) >= 11 is 0. The van der Waals surface area contributed by atoms with Crippen LogP contribution >= 0.6 is 0 Å². The molecule has 0 atom stereocenters. The smallest absolute Gasteiger partial charge is 0.0471 e. The van der Waals surface area contributed by atoms with Crippen molar-refractivity contribution < 1.29 is 20.1 Å². The zero-order valence-electron chi connectivity index (χ0n) is 7.59. The molecule has 0 saturated heterocycles. The Morgan fingerprint density at radius 1 is 0.800 bits per heavy atom. The maximum Gasteiger partial charge on any atom is 0.0471 e. The molecule has 1 aromatic rings. The van der Waals surface area contributed by atoms with Crippen LogP contribution in [-0.4, -0.2) is 0 Å². The quantitative estimate of drug-likeness (QED) is 0.666. The van der Waals surface area contributed by atoms with Gasteiger partial charge in [-0.3, -0.25) is 9.98 Å². The Labute approximate surface area is 99.9 Å². The molecule has 0 aliphatic carbocycles. The van der Waals surface area contributed by atoms with E-state index < -0.39 is 0 Å². The Hall–Kier alpha value is -1.45. The topological polar surface area (TPSA) is 52.9 Å². The monoisotopic (exact) mass is 375 g/mol. The van der Waals surface area contributed by atoms with Crippen LogP contribution in [0.1, 0.15) is 0 Å². The van der Waals surface area contributed by atoms with Crippen LogP contribution in [-0.2, 0) is 20.1 Å². The molecule has 0 unspecified atom stereocenters. The molecule has 1 aromatic carbocycles. The molecule has 0 spiro atoms. The zero-order chi connectivity index (χ0) is 9.38. The Bertz CT molecular complexity index is 509. The summed E-state index contributed by atoms with van der Waals surface area (Å²) < 4.78 is 0. The number of benzene rings is 1. The van der Waals surface area contributed by atoms with Gasteiger partial charge in [0.2, 0.25) is 0 Å². The van der Waals surface area contributed by atoms with Crippen molar-refractivity contribution in [1.82, 2.24) is 0 Å². The van der Waals surface area contributed by atoms with Crippen LogP contribution in [0.25, 0.3) is 10.6 Å².